The summed E-state index contributed by atoms with van der Waals surface area (Å²) in [6.07, 6.45) is 4.25. The minimum atomic E-state index is 0.0517. The number of aromatic nitrogens is 1. The van der Waals surface area contributed by atoms with Crippen LogP contribution in [-0.4, -0.2) is 35.1 Å². The summed E-state index contributed by atoms with van der Waals surface area (Å²) in [6, 6.07) is 4.22. The minimum Gasteiger partial charge on any atom is -0.396 e. The first-order valence-electron chi connectivity index (χ1n) is 6.83. The van der Waals surface area contributed by atoms with E-state index >= 15 is 0 Å². The van der Waals surface area contributed by atoms with Crippen LogP contribution in [0.15, 0.2) is 12.1 Å². The van der Waals surface area contributed by atoms with E-state index in [2.05, 4.69) is 9.88 Å². The van der Waals surface area contributed by atoms with Crippen molar-refractivity contribution in [3.05, 3.63) is 23.4 Å². The van der Waals surface area contributed by atoms with Crippen molar-refractivity contribution in [2.24, 2.45) is 5.73 Å². The van der Waals surface area contributed by atoms with E-state index < -0.39 is 0 Å². The van der Waals surface area contributed by atoms with Gasteiger partial charge < -0.3 is 15.7 Å². The number of rotatable bonds is 6. The molecule has 1 aromatic heterocycles. The number of nitrogens with zero attached hydrogens (tertiary/aromatic N) is 2. The molecule has 1 fully saturated rings. The number of hydrogen-bond acceptors (Lipinski definition) is 4. The number of hydrogen-bond donors (Lipinski definition) is 3. The van der Waals surface area contributed by atoms with Crippen molar-refractivity contribution in [2.75, 3.05) is 18.1 Å². The molecule has 0 atom stereocenters. The van der Waals surface area contributed by atoms with Crippen LogP contribution in [0, 0.1) is 12.3 Å². The molecule has 0 aromatic carbocycles. The molecule has 1 heterocycles. The lowest BCUT2D eigenvalue weighted by Gasteiger charge is -2.39. The number of anilines is 1. The summed E-state index contributed by atoms with van der Waals surface area (Å²) < 4.78 is 0. The Balaban J connectivity index is 2.33. The summed E-state index contributed by atoms with van der Waals surface area (Å²) >= 11 is 0. The Morgan fingerprint density at radius 3 is 2.79 bits per heavy atom. The van der Waals surface area contributed by atoms with Gasteiger partial charge in [0.05, 0.1) is 5.56 Å². The number of nitrogens with one attached hydrogen (secondary N) is 1. The van der Waals surface area contributed by atoms with Crippen LogP contribution < -0.4 is 10.6 Å². The minimum absolute atomic E-state index is 0.0517. The second-order valence-electron chi connectivity index (χ2n) is 5.09. The monoisotopic (exact) mass is 262 g/mol. The number of aryl methyl sites for hydroxylation is 1. The van der Waals surface area contributed by atoms with Crippen molar-refractivity contribution in [2.45, 2.75) is 38.6 Å². The fourth-order valence-corrected chi connectivity index (χ4v) is 2.37. The van der Waals surface area contributed by atoms with Gasteiger partial charge in [0.15, 0.2) is 0 Å². The standard InChI is InChI=1S/C14H22N4O/c1-10-6-7-12(13(15)16)14(17-10)18(8-3-9-19)11-4-2-5-11/h6-7,11,19H,2-5,8-9H2,1H3,(H3,15,16). The van der Waals surface area contributed by atoms with E-state index in [-0.39, 0.29) is 12.4 Å². The third-order valence-electron chi connectivity index (χ3n) is 3.65. The molecule has 1 aliphatic rings. The van der Waals surface area contributed by atoms with Crippen molar-refractivity contribution in [1.82, 2.24) is 4.98 Å². The first kappa shape index (κ1) is 13.8. The van der Waals surface area contributed by atoms with Crippen LogP contribution in [0.4, 0.5) is 5.82 Å². The molecule has 0 aliphatic heterocycles. The second kappa shape index (κ2) is 6.02. The third kappa shape index (κ3) is 3.04. The van der Waals surface area contributed by atoms with Crippen molar-refractivity contribution in [3.8, 4) is 0 Å². The predicted molar refractivity (Wildman–Crippen MR) is 76.7 cm³/mol. The largest absolute Gasteiger partial charge is 0.396 e. The molecule has 0 spiro atoms. The van der Waals surface area contributed by atoms with Gasteiger partial charge in [-0.15, -0.1) is 0 Å². The van der Waals surface area contributed by atoms with Crippen LogP contribution >= 0.6 is 0 Å². The van der Waals surface area contributed by atoms with Crippen molar-refractivity contribution in [3.63, 3.8) is 0 Å². The molecule has 4 N–H and O–H groups in total. The highest BCUT2D eigenvalue weighted by Crippen LogP contribution is 2.30. The van der Waals surface area contributed by atoms with Gasteiger partial charge >= 0.3 is 0 Å². The Bertz CT molecular complexity index is 457. The molecular formula is C14H22N4O. The Morgan fingerprint density at radius 2 is 2.26 bits per heavy atom. The van der Waals surface area contributed by atoms with E-state index in [0.717, 1.165) is 30.9 Å². The maximum atomic E-state index is 9.05. The maximum Gasteiger partial charge on any atom is 0.140 e. The van der Waals surface area contributed by atoms with Crippen LogP contribution in [0.1, 0.15) is 36.9 Å². The summed E-state index contributed by atoms with van der Waals surface area (Å²) in [6.45, 7) is 2.88. The number of amidine groups is 1. The molecule has 1 aromatic rings. The van der Waals surface area contributed by atoms with Gasteiger partial charge in [0.1, 0.15) is 11.7 Å². The van der Waals surface area contributed by atoms with Crippen molar-refractivity contribution < 1.29 is 5.11 Å². The number of nitrogens with two attached hydrogens (primary N) is 1. The molecule has 0 saturated heterocycles. The lowest BCUT2D eigenvalue weighted by atomic mass is 9.91. The van der Waals surface area contributed by atoms with Crippen LogP contribution in [0.5, 0.6) is 0 Å². The second-order valence-corrected chi connectivity index (χ2v) is 5.09. The van der Waals surface area contributed by atoms with Crippen molar-refractivity contribution >= 4 is 11.7 Å². The zero-order chi connectivity index (χ0) is 13.8. The highest BCUT2D eigenvalue weighted by molar-refractivity contribution is 5.99. The predicted octanol–water partition coefficient (Wildman–Crippen LogP) is 1.42. The van der Waals surface area contributed by atoms with Crippen LogP contribution in [0.3, 0.4) is 0 Å². The summed E-state index contributed by atoms with van der Waals surface area (Å²) in [5.74, 6) is 0.849. The molecular weight excluding hydrogens is 240 g/mol. The van der Waals surface area contributed by atoms with Gasteiger partial charge in [0.25, 0.3) is 0 Å². The fraction of sp³-hybridized carbons (Fsp3) is 0.571. The summed E-state index contributed by atoms with van der Waals surface area (Å²) in [5.41, 5.74) is 7.27. The highest BCUT2D eigenvalue weighted by atomic mass is 16.3. The number of aliphatic hydroxyl groups is 1. The molecule has 1 aliphatic carbocycles. The smallest absolute Gasteiger partial charge is 0.140 e. The zero-order valence-corrected chi connectivity index (χ0v) is 11.4. The van der Waals surface area contributed by atoms with Gasteiger partial charge in [-0.3, -0.25) is 5.41 Å². The fourth-order valence-electron chi connectivity index (χ4n) is 2.37. The van der Waals surface area contributed by atoms with Gasteiger partial charge in [-0.05, 0) is 44.7 Å². The average Bonchev–Trinajstić information content (AvgIpc) is 2.31. The van der Waals surface area contributed by atoms with Gasteiger partial charge in [-0.2, -0.15) is 0 Å². The Morgan fingerprint density at radius 1 is 1.53 bits per heavy atom. The zero-order valence-electron chi connectivity index (χ0n) is 11.4. The van der Waals surface area contributed by atoms with E-state index in [4.69, 9.17) is 16.2 Å². The topological polar surface area (TPSA) is 86.2 Å². The summed E-state index contributed by atoms with van der Waals surface area (Å²) in [5, 5.41) is 16.7. The van der Waals surface area contributed by atoms with Gasteiger partial charge in [0, 0.05) is 24.9 Å². The molecule has 0 amide bonds. The van der Waals surface area contributed by atoms with E-state index in [9.17, 15) is 0 Å². The normalized spacial score (nSPS) is 15.1. The quantitative estimate of drug-likeness (QED) is 0.534. The summed E-state index contributed by atoms with van der Waals surface area (Å²) in [4.78, 5) is 6.79. The maximum absolute atomic E-state index is 9.05. The number of nitrogen functional groups attached to an aromatic ring is 1. The SMILES string of the molecule is Cc1ccc(C(=N)N)c(N(CCCO)C2CCC2)n1. The molecule has 0 unspecified atom stereocenters. The Labute approximate surface area is 114 Å². The molecule has 0 bridgehead atoms. The summed E-state index contributed by atoms with van der Waals surface area (Å²) in [7, 11) is 0. The van der Waals surface area contributed by atoms with Crippen LogP contribution in [0.25, 0.3) is 0 Å². The van der Waals surface area contributed by atoms with E-state index in [1.807, 2.05) is 19.1 Å². The molecule has 19 heavy (non-hydrogen) atoms. The van der Waals surface area contributed by atoms with Gasteiger partial charge in [-0.25, -0.2) is 4.98 Å². The van der Waals surface area contributed by atoms with Crippen molar-refractivity contribution in [1.29, 1.82) is 5.41 Å². The third-order valence-corrected chi connectivity index (χ3v) is 3.65. The van der Waals surface area contributed by atoms with Crippen LogP contribution in [0.2, 0.25) is 0 Å². The Hall–Kier alpha value is -1.62. The molecule has 1 saturated carbocycles. The number of pyridine rings is 1. The van der Waals surface area contributed by atoms with E-state index in [0.29, 0.717) is 18.0 Å². The average molecular weight is 262 g/mol. The number of aliphatic hydroxyl groups excluding tert-OH is 1. The molecule has 5 nitrogen and oxygen atoms in total. The molecule has 0 radical (unpaired) electrons. The van der Waals surface area contributed by atoms with Crippen LogP contribution in [-0.2, 0) is 0 Å². The lowest BCUT2D eigenvalue weighted by molar-refractivity contribution is 0.282. The van der Waals surface area contributed by atoms with E-state index in [1.54, 1.807) is 0 Å². The first-order valence-corrected chi connectivity index (χ1v) is 6.83. The highest BCUT2D eigenvalue weighted by Gasteiger charge is 2.27. The van der Waals surface area contributed by atoms with E-state index in [1.165, 1.54) is 6.42 Å². The molecule has 104 valence electrons. The molecule has 2 rings (SSSR count). The first-order chi connectivity index (χ1) is 9.13. The van der Waals surface area contributed by atoms with Gasteiger partial charge in [-0.1, -0.05) is 0 Å². The lowest BCUT2D eigenvalue weighted by Crippen LogP contribution is -2.42. The molecule has 5 heteroatoms. The Kier molecular flexibility index (Phi) is 4.37. The van der Waals surface area contributed by atoms with Gasteiger partial charge in [0.2, 0.25) is 0 Å².